The zero-order valence-corrected chi connectivity index (χ0v) is 11.9. The third-order valence-electron chi connectivity index (χ3n) is 4.53. The van der Waals surface area contributed by atoms with Crippen LogP contribution < -0.4 is 0 Å². The minimum Gasteiger partial charge on any atom is -0.388 e. The fourth-order valence-corrected chi connectivity index (χ4v) is 3.24. The molecule has 1 aliphatic carbocycles. The van der Waals surface area contributed by atoms with Crippen molar-refractivity contribution in [3.05, 3.63) is 35.4 Å². The number of rotatable bonds is 2. The predicted molar refractivity (Wildman–Crippen MR) is 72.1 cm³/mol. The molecule has 0 aliphatic heterocycles. The van der Waals surface area contributed by atoms with Gasteiger partial charge in [-0.3, -0.25) is 0 Å². The summed E-state index contributed by atoms with van der Waals surface area (Å²) in [5, 5.41) is 10.5. The molecule has 0 heterocycles. The molecule has 1 aromatic rings. The second-order valence-electron chi connectivity index (χ2n) is 6.41. The van der Waals surface area contributed by atoms with Gasteiger partial charge in [-0.2, -0.15) is 13.2 Å². The summed E-state index contributed by atoms with van der Waals surface area (Å²) in [4.78, 5) is 0. The van der Waals surface area contributed by atoms with Crippen molar-refractivity contribution in [2.45, 2.75) is 51.8 Å². The molecule has 20 heavy (non-hydrogen) atoms. The molecule has 112 valence electrons. The molecule has 0 amide bonds. The van der Waals surface area contributed by atoms with Crippen LogP contribution in [0.3, 0.4) is 0 Å². The quantitative estimate of drug-likeness (QED) is 0.815. The van der Waals surface area contributed by atoms with Crippen LogP contribution in [-0.4, -0.2) is 5.11 Å². The van der Waals surface area contributed by atoms with Crippen molar-refractivity contribution in [3.63, 3.8) is 0 Å². The molecule has 2 rings (SSSR count). The molecule has 1 aromatic carbocycles. The van der Waals surface area contributed by atoms with E-state index in [4.69, 9.17) is 0 Å². The van der Waals surface area contributed by atoms with Gasteiger partial charge in [0, 0.05) is 0 Å². The third-order valence-corrected chi connectivity index (χ3v) is 4.53. The minimum absolute atomic E-state index is 0.0136. The van der Waals surface area contributed by atoms with Crippen molar-refractivity contribution in [2.24, 2.45) is 11.3 Å². The minimum atomic E-state index is -4.36. The van der Waals surface area contributed by atoms with Crippen molar-refractivity contribution < 1.29 is 18.3 Å². The van der Waals surface area contributed by atoms with Crippen molar-refractivity contribution in [2.75, 3.05) is 0 Å². The summed E-state index contributed by atoms with van der Waals surface area (Å²) < 4.78 is 38.2. The lowest BCUT2D eigenvalue weighted by molar-refractivity contribution is -0.137. The van der Waals surface area contributed by atoms with Gasteiger partial charge in [0.25, 0.3) is 0 Å². The van der Waals surface area contributed by atoms with E-state index < -0.39 is 17.8 Å². The van der Waals surface area contributed by atoms with E-state index >= 15 is 0 Å². The van der Waals surface area contributed by atoms with E-state index in [0.717, 1.165) is 37.8 Å². The van der Waals surface area contributed by atoms with Crippen LogP contribution in [0.25, 0.3) is 0 Å². The van der Waals surface area contributed by atoms with Gasteiger partial charge in [-0.25, -0.2) is 0 Å². The van der Waals surface area contributed by atoms with Crippen LogP contribution >= 0.6 is 0 Å². The normalized spacial score (nSPS) is 24.4. The van der Waals surface area contributed by atoms with E-state index in [2.05, 4.69) is 13.8 Å². The van der Waals surface area contributed by atoms with E-state index in [9.17, 15) is 18.3 Å². The van der Waals surface area contributed by atoms with Gasteiger partial charge in [0.1, 0.15) is 0 Å². The molecular formula is C16H21F3O. The van der Waals surface area contributed by atoms with E-state index in [1.54, 1.807) is 6.07 Å². The lowest BCUT2D eigenvalue weighted by atomic mass is 9.65. The van der Waals surface area contributed by atoms with E-state index in [1.807, 2.05) is 0 Å². The van der Waals surface area contributed by atoms with Gasteiger partial charge in [0.2, 0.25) is 0 Å². The standard InChI is InChI=1S/C16H21F3O/c1-15(2)9-4-3-8-13(15)14(20)11-6-5-7-12(10-11)16(17,18)19/h5-7,10,13-14,20H,3-4,8-9H2,1-2H3. The zero-order valence-electron chi connectivity index (χ0n) is 11.9. The topological polar surface area (TPSA) is 20.2 Å². The highest BCUT2D eigenvalue weighted by Crippen LogP contribution is 2.47. The molecule has 2 unspecified atom stereocenters. The summed E-state index contributed by atoms with van der Waals surface area (Å²) in [6, 6.07) is 5.08. The Labute approximate surface area is 117 Å². The second-order valence-corrected chi connectivity index (χ2v) is 6.41. The first-order valence-corrected chi connectivity index (χ1v) is 7.07. The molecule has 0 aromatic heterocycles. The number of aliphatic hydroxyl groups is 1. The van der Waals surface area contributed by atoms with Gasteiger partial charge in [-0.15, -0.1) is 0 Å². The summed E-state index contributed by atoms with van der Waals surface area (Å²) >= 11 is 0. The van der Waals surface area contributed by atoms with Crippen LogP contribution in [0.15, 0.2) is 24.3 Å². The second kappa shape index (κ2) is 5.40. The molecule has 1 aliphatic rings. The average molecular weight is 286 g/mol. The maximum absolute atomic E-state index is 12.7. The van der Waals surface area contributed by atoms with Gasteiger partial charge in [0.15, 0.2) is 0 Å². The van der Waals surface area contributed by atoms with Crippen molar-refractivity contribution in [1.29, 1.82) is 0 Å². The average Bonchev–Trinajstić information content (AvgIpc) is 2.37. The molecule has 1 saturated carbocycles. The van der Waals surface area contributed by atoms with E-state index in [-0.39, 0.29) is 11.3 Å². The Balaban J connectivity index is 2.27. The van der Waals surface area contributed by atoms with Crippen molar-refractivity contribution in [1.82, 2.24) is 0 Å². The molecule has 1 fully saturated rings. The SMILES string of the molecule is CC1(C)CCCCC1C(O)c1cccc(C(F)(F)F)c1. The Morgan fingerprint density at radius 3 is 2.55 bits per heavy atom. The van der Waals surface area contributed by atoms with Gasteiger partial charge in [-0.05, 0) is 41.9 Å². The fraction of sp³-hybridized carbons (Fsp3) is 0.625. The van der Waals surface area contributed by atoms with Crippen LogP contribution in [0.5, 0.6) is 0 Å². The number of hydrogen-bond acceptors (Lipinski definition) is 1. The van der Waals surface area contributed by atoms with E-state index in [1.165, 1.54) is 6.07 Å². The Morgan fingerprint density at radius 2 is 1.95 bits per heavy atom. The molecule has 4 heteroatoms. The molecular weight excluding hydrogens is 265 g/mol. The van der Waals surface area contributed by atoms with Gasteiger partial charge >= 0.3 is 6.18 Å². The number of benzene rings is 1. The molecule has 0 saturated heterocycles. The highest BCUT2D eigenvalue weighted by Gasteiger charge is 2.38. The predicted octanol–water partition coefficient (Wildman–Crippen LogP) is 4.96. The lowest BCUT2D eigenvalue weighted by Gasteiger charge is -2.41. The summed E-state index contributed by atoms with van der Waals surface area (Å²) in [6.45, 7) is 4.18. The summed E-state index contributed by atoms with van der Waals surface area (Å²) in [5.41, 5.74) is -0.353. The highest BCUT2D eigenvalue weighted by atomic mass is 19.4. The van der Waals surface area contributed by atoms with Crippen molar-refractivity contribution in [3.8, 4) is 0 Å². The monoisotopic (exact) mass is 286 g/mol. The van der Waals surface area contributed by atoms with Gasteiger partial charge in [-0.1, -0.05) is 38.8 Å². The summed E-state index contributed by atoms with van der Waals surface area (Å²) in [6.07, 6.45) is -1.16. The smallest absolute Gasteiger partial charge is 0.388 e. The zero-order chi connectivity index (χ0) is 15.0. The molecule has 2 atom stereocenters. The number of hydrogen-bond donors (Lipinski definition) is 1. The lowest BCUT2D eigenvalue weighted by Crippen LogP contribution is -2.32. The van der Waals surface area contributed by atoms with Crippen LogP contribution in [-0.2, 0) is 6.18 Å². The first kappa shape index (κ1) is 15.4. The number of alkyl halides is 3. The molecule has 1 N–H and O–H groups in total. The fourth-order valence-electron chi connectivity index (χ4n) is 3.24. The third kappa shape index (κ3) is 3.17. The number of halogens is 3. The first-order chi connectivity index (χ1) is 9.22. The molecule has 0 radical (unpaired) electrons. The van der Waals surface area contributed by atoms with Crippen LogP contribution in [0.4, 0.5) is 13.2 Å². The summed E-state index contributed by atoms with van der Waals surface area (Å²) in [7, 11) is 0. The van der Waals surface area contributed by atoms with Gasteiger partial charge < -0.3 is 5.11 Å². The van der Waals surface area contributed by atoms with Crippen LogP contribution in [0.1, 0.15) is 56.8 Å². The Kier molecular flexibility index (Phi) is 4.14. The number of aliphatic hydroxyl groups excluding tert-OH is 1. The Bertz CT molecular complexity index is 465. The summed E-state index contributed by atoms with van der Waals surface area (Å²) in [5.74, 6) is 0.0136. The maximum Gasteiger partial charge on any atom is 0.416 e. The largest absolute Gasteiger partial charge is 0.416 e. The van der Waals surface area contributed by atoms with Gasteiger partial charge in [0.05, 0.1) is 11.7 Å². The Hall–Kier alpha value is -1.03. The highest BCUT2D eigenvalue weighted by molar-refractivity contribution is 5.28. The van der Waals surface area contributed by atoms with Crippen molar-refractivity contribution >= 4 is 0 Å². The van der Waals surface area contributed by atoms with Crippen LogP contribution in [0.2, 0.25) is 0 Å². The first-order valence-electron chi connectivity index (χ1n) is 7.07. The maximum atomic E-state index is 12.7. The molecule has 0 spiro atoms. The molecule has 0 bridgehead atoms. The molecule has 1 nitrogen and oxygen atoms in total. The van der Waals surface area contributed by atoms with E-state index in [0.29, 0.717) is 5.56 Å². The Morgan fingerprint density at radius 1 is 1.25 bits per heavy atom. The van der Waals surface area contributed by atoms with Crippen LogP contribution in [0, 0.1) is 11.3 Å².